The molecular formula is C12H19N5O4. The summed E-state index contributed by atoms with van der Waals surface area (Å²) in [5.41, 5.74) is 4.06. The van der Waals surface area contributed by atoms with E-state index in [2.05, 4.69) is 15.3 Å². The summed E-state index contributed by atoms with van der Waals surface area (Å²) in [6.45, 7) is 3.82. The fourth-order valence-electron chi connectivity index (χ4n) is 3.53. The average molecular weight is 297 g/mol. The third-order valence-electron chi connectivity index (χ3n) is 4.30. The number of amides is 1. The third-order valence-corrected chi connectivity index (χ3v) is 4.30. The van der Waals surface area contributed by atoms with Gasteiger partial charge in [-0.2, -0.15) is 0 Å². The van der Waals surface area contributed by atoms with Gasteiger partial charge in [0, 0.05) is 0 Å². The highest BCUT2D eigenvalue weighted by Crippen LogP contribution is 2.40. The van der Waals surface area contributed by atoms with Crippen LogP contribution < -0.4 is 11.1 Å². The molecule has 1 fully saturated rings. The lowest BCUT2D eigenvalue weighted by molar-refractivity contribution is -0.0224. The maximum Gasteiger partial charge on any atom is 0.404 e. The summed E-state index contributed by atoms with van der Waals surface area (Å²) in [5, 5.41) is 23.7. The molecule has 0 aromatic carbocycles. The molecule has 0 radical (unpaired) electrons. The smallest absolute Gasteiger partial charge is 0.404 e. The highest BCUT2D eigenvalue weighted by Gasteiger charge is 2.64. The number of rotatable bonds is 2. The SMILES string of the molecule is CC1=NC2C(COC(N)=O)N=C(C)N3CC(O)C(O)C23N1. The van der Waals surface area contributed by atoms with Gasteiger partial charge in [0.15, 0.2) is 5.66 Å². The van der Waals surface area contributed by atoms with Gasteiger partial charge in [-0.05, 0) is 13.8 Å². The van der Waals surface area contributed by atoms with Gasteiger partial charge < -0.3 is 30.9 Å². The normalized spacial score (nSPS) is 40.9. The van der Waals surface area contributed by atoms with Crippen LogP contribution in [0.25, 0.3) is 0 Å². The fourth-order valence-corrected chi connectivity index (χ4v) is 3.53. The van der Waals surface area contributed by atoms with Crippen molar-refractivity contribution in [3.63, 3.8) is 0 Å². The van der Waals surface area contributed by atoms with Gasteiger partial charge in [-0.1, -0.05) is 0 Å². The number of nitrogens with zero attached hydrogens (tertiary/aromatic N) is 3. The molecule has 3 heterocycles. The van der Waals surface area contributed by atoms with E-state index >= 15 is 0 Å². The highest BCUT2D eigenvalue weighted by molar-refractivity contribution is 5.88. The van der Waals surface area contributed by atoms with Crippen molar-refractivity contribution >= 4 is 17.8 Å². The summed E-state index contributed by atoms with van der Waals surface area (Å²) in [7, 11) is 0. The summed E-state index contributed by atoms with van der Waals surface area (Å²) < 4.78 is 4.85. The predicted octanol–water partition coefficient (Wildman–Crippen LogP) is -1.99. The summed E-state index contributed by atoms with van der Waals surface area (Å²) >= 11 is 0. The molecule has 1 saturated heterocycles. The Morgan fingerprint density at radius 1 is 1.52 bits per heavy atom. The molecule has 3 aliphatic heterocycles. The highest BCUT2D eigenvalue weighted by atomic mass is 16.5. The molecule has 5 N–H and O–H groups in total. The van der Waals surface area contributed by atoms with Crippen LogP contribution in [0, 0.1) is 0 Å². The zero-order valence-corrected chi connectivity index (χ0v) is 11.9. The van der Waals surface area contributed by atoms with E-state index in [9.17, 15) is 15.0 Å². The first-order valence-electron chi connectivity index (χ1n) is 6.79. The fraction of sp³-hybridized carbons (Fsp3) is 0.750. The molecule has 116 valence electrons. The van der Waals surface area contributed by atoms with Crippen LogP contribution in [-0.4, -0.2) is 76.0 Å². The molecule has 0 aromatic heterocycles. The molecule has 5 atom stereocenters. The standard InChI is InChI=1S/C12H19N5O4/c1-5-14-9-7(4-21-11(13)20)15-6(2)17-3-8(18)10(19)12(9,17)16-5/h7-10,18-19H,3-4H2,1-2H3,(H2,13,20)(H,14,16). The van der Waals surface area contributed by atoms with Crippen molar-refractivity contribution in [3.05, 3.63) is 0 Å². The van der Waals surface area contributed by atoms with Crippen molar-refractivity contribution in [3.8, 4) is 0 Å². The van der Waals surface area contributed by atoms with Crippen LogP contribution in [0.2, 0.25) is 0 Å². The van der Waals surface area contributed by atoms with E-state index in [0.717, 1.165) is 0 Å². The Hall–Kier alpha value is -1.87. The van der Waals surface area contributed by atoms with E-state index in [1.54, 1.807) is 13.8 Å². The topological polar surface area (TPSA) is 133 Å². The number of aliphatic hydroxyl groups is 2. The third kappa shape index (κ3) is 1.88. The molecule has 5 unspecified atom stereocenters. The van der Waals surface area contributed by atoms with Crippen LogP contribution in [0.3, 0.4) is 0 Å². The number of carbonyl (C=O) groups is 1. The lowest BCUT2D eigenvalue weighted by Gasteiger charge is -2.46. The van der Waals surface area contributed by atoms with Crippen LogP contribution in [-0.2, 0) is 4.74 Å². The van der Waals surface area contributed by atoms with E-state index < -0.39 is 36.0 Å². The zero-order valence-electron chi connectivity index (χ0n) is 11.9. The van der Waals surface area contributed by atoms with Crippen molar-refractivity contribution in [2.45, 2.75) is 43.8 Å². The minimum atomic E-state index is -1.02. The van der Waals surface area contributed by atoms with Gasteiger partial charge in [0.25, 0.3) is 0 Å². The molecule has 21 heavy (non-hydrogen) atoms. The van der Waals surface area contributed by atoms with E-state index in [1.165, 1.54) is 0 Å². The van der Waals surface area contributed by atoms with Crippen molar-refractivity contribution in [2.75, 3.05) is 13.2 Å². The number of carbonyl (C=O) groups excluding carboxylic acids is 1. The Morgan fingerprint density at radius 3 is 2.90 bits per heavy atom. The molecule has 1 amide bonds. The van der Waals surface area contributed by atoms with Crippen LogP contribution >= 0.6 is 0 Å². The number of amidine groups is 2. The number of ether oxygens (including phenoxy) is 1. The van der Waals surface area contributed by atoms with E-state index in [-0.39, 0.29) is 13.2 Å². The largest absolute Gasteiger partial charge is 0.447 e. The Morgan fingerprint density at radius 2 is 2.24 bits per heavy atom. The average Bonchev–Trinajstić information content (AvgIpc) is 2.88. The van der Waals surface area contributed by atoms with Gasteiger partial charge in [0.1, 0.15) is 30.9 Å². The number of nitrogens with two attached hydrogens (primary N) is 1. The number of primary amides is 1. The van der Waals surface area contributed by atoms with Gasteiger partial charge in [0.05, 0.1) is 18.2 Å². The molecule has 0 aromatic rings. The first kappa shape index (κ1) is 14.1. The Bertz CT molecular complexity index is 536. The van der Waals surface area contributed by atoms with Crippen LogP contribution in [0.1, 0.15) is 13.8 Å². The number of hydrogen-bond acceptors (Lipinski definition) is 8. The summed E-state index contributed by atoms with van der Waals surface area (Å²) in [6, 6.07) is -0.925. The second-order valence-electron chi connectivity index (χ2n) is 5.61. The molecule has 0 saturated carbocycles. The summed E-state index contributed by atoms with van der Waals surface area (Å²) in [6.07, 6.45) is -2.80. The van der Waals surface area contributed by atoms with Gasteiger partial charge in [0.2, 0.25) is 0 Å². The molecule has 1 spiro atoms. The van der Waals surface area contributed by atoms with E-state index in [0.29, 0.717) is 11.7 Å². The first-order chi connectivity index (χ1) is 9.86. The minimum Gasteiger partial charge on any atom is -0.447 e. The quantitative estimate of drug-likeness (QED) is 0.466. The lowest BCUT2D eigenvalue weighted by atomic mass is 9.88. The van der Waals surface area contributed by atoms with Crippen molar-refractivity contribution in [1.29, 1.82) is 0 Å². The van der Waals surface area contributed by atoms with Crippen molar-refractivity contribution in [1.82, 2.24) is 10.2 Å². The second-order valence-corrected chi connectivity index (χ2v) is 5.61. The van der Waals surface area contributed by atoms with Crippen LogP contribution in [0.4, 0.5) is 4.79 Å². The second kappa shape index (κ2) is 4.57. The molecule has 0 aliphatic carbocycles. The molecule has 9 heteroatoms. The molecule has 3 aliphatic rings. The summed E-state index contributed by atoms with van der Waals surface area (Å²) in [4.78, 5) is 21.6. The number of aliphatic imine (C=N–C) groups is 2. The van der Waals surface area contributed by atoms with Crippen LogP contribution in [0.5, 0.6) is 0 Å². The lowest BCUT2D eigenvalue weighted by Crippen LogP contribution is -2.71. The van der Waals surface area contributed by atoms with Gasteiger partial charge in [-0.3, -0.25) is 9.98 Å². The Labute approximate surface area is 121 Å². The van der Waals surface area contributed by atoms with Crippen molar-refractivity contribution in [2.24, 2.45) is 15.7 Å². The van der Waals surface area contributed by atoms with Crippen LogP contribution in [0.15, 0.2) is 9.98 Å². The maximum absolute atomic E-state index is 10.8. The molecule has 9 nitrogen and oxygen atoms in total. The van der Waals surface area contributed by atoms with E-state index in [1.807, 2.05) is 4.90 Å². The van der Waals surface area contributed by atoms with Gasteiger partial charge >= 0.3 is 6.09 Å². The number of nitrogens with one attached hydrogen (secondary N) is 1. The van der Waals surface area contributed by atoms with Gasteiger partial charge in [-0.25, -0.2) is 4.79 Å². The molecular weight excluding hydrogens is 278 g/mol. The monoisotopic (exact) mass is 297 g/mol. The minimum absolute atomic E-state index is 0.0196. The van der Waals surface area contributed by atoms with E-state index in [4.69, 9.17) is 10.5 Å². The number of hydrogen-bond donors (Lipinski definition) is 4. The maximum atomic E-state index is 10.8. The Balaban J connectivity index is 1.98. The zero-order chi connectivity index (χ0) is 15.4. The first-order valence-corrected chi connectivity index (χ1v) is 6.79. The number of aliphatic hydroxyl groups excluding tert-OH is 2. The Kier molecular flexibility index (Phi) is 3.06. The van der Waals surface area contributed by atoms with Gasteiger partial charge in [-0.15, -0.1) is 0 Å². The molecule has 3 rings (SSSR count). The predicted molar refractivity (Wildman–Crippen MR) is 73.9 cm³/mol. The molecule has 0 bridgehead atoms. The van der Waals surface area contributed by atoms with Crippen molar-refractivity contribution < 1.29 is 19.7 Å². The summed E-state index contributed by atoms with van der Waals surface area (Å²) in [5.74, 6) is 1.30.